The number of aromatic nitrogens is 2. The van der Waals surface area contributed by atoms with Crippen molar-refractivity contribution in [3.05, 3.63) is 36.2 Å². The van der Waals surface area contributed by atoms with Crippen molar-refractivity contribution >= 4 is 29.6 Å². The van der Waals surface area contributed by atoms with Gasteiger partial charge in [-0.1, -0.05) is 19.0 Å². The highest BCUT2D eigenvalue weighted by molar-refractivity contribution is 5.92. The summed E-state index contributed by atoms with van der Waals surface area (Å²) in [7, 11) is 0. The van der Waals surface area contributed by atoms with Gasteiger partial charge in [0, 0.05) is 38.4 Å². The maximum absolute atomic E-state index is 12.7. The molecule has 1 aromatic carbocycles. The summed E-state index contributed by atoms with van der Waals surface area (Å²) in [5.74, 6) is 1.72. The number of amides is 2. The third kappa shape index (κ3) is 7.77. The predicted molar refractivity (Wildman–Crippen MR) is 135 cm³/mol. The fourth-order valence-electron chi connectivity index (χ4n) is 3.18. The first-order valence-electron chi connectivity index (χ1n) is 11.5. The molecule has 11 heteroatoms. The minimum absolute atomic E-state index is 0.0993. The normalized spacial score (nSPS) is 13.5. The third-order valence-electron chi connectivity index (χ3n) is 4.70. The lowest BCUT2D eigenvalue weighted by Crippen LogP contribution is -2.50. The fraction of sp³-hybridized carbons (Fsp3) is 0.478. The molecule has 1 aliphatic heterocycles. The molecule has 0 spiro atoms. The van der Waals surface area contributed by atoms with Crippen molar-refractivity contribution in [3.8, 4) is 5.75 Å². The molecule has 2 heterocycles. The number of oxime groups is 1. The number of carbonyl (C=O) groups excluding carboxylic acids is 1. The van der Waals surface area contributed by atoms with Gasteiger partial charge in [-0.15, -0.1) is 0 Å². The Morgan fingerprint density at radius 3 is 2.47 bits per heavy atom. The largest absolute Gasteiger partial charge is 0.491 e. The summed E-state index contributed by atoms with van der Waals surface area (Å²) in [6, 6.07) is 7.18. The Balaban J connectivity index is 0.00000199. The molecule has 11 nitrogen and oxygen atoms in total. The van der Waals surface area contributed by atoms with Crippen LogP contribution in [0.25, 0.3) is 0 Å². The molecule has 0 radical (unpaired) electrons. The van der Waals surface area contributed by atoms with Crippen LogP contribution in [0.5, 0.6) is 5.75 Å². The van der Waals surface area contributed by atoms with E-state index < -0.39 is 0 Å². The summed E-state index contributed by atoms with van der Waals surface area (Å²) < 4.78 is 5.63. The summed E-state index contributed by atoms with van der Waals surface area (Å²) in [4.78, 5) is 29.9. The quantitative estimate of drug-likeness (QED) is 0.302. The van der Waals surface area contributed by atoms with E-state index >= 15 is 0 Å². The average Bonchev–Trinajstić information content (AvgIpc) is 2.85. The van der Waals surface area contributed by atoms with Crippen LogP contribution in [0.1, 0.15) is 33.3 Å². The Labute approximate surface area is 201 Å². The molecule has 0 aliphatic carbocycles. The first-order valence-corrected chi connectivity index (χ1v) is 11.5. The Bertz CT molecular complexity index is 913. The Hall–Kier alpha value is -3.60. The first kappa shape index (κ1) is 26.7. The lowest BCUT2D eigenvalue weighted by molar-refractivity contribution is 0.154. The van der Waals surface area contributed by atoms with Gasteiger partial charge < -0.3 is 36.2 Å². The van der Waals surface area contributed by atoms with Crippen LogP contribution in [0.15, 0.2) is 35.7 Å². The van der Waals surface area contributed by atoms with Gasteiger partial charge in [0.1, 0.15) is 30.3 Å². The van der Waals surface area contributed by atoms with Crippen LogP contribution in [-0.2, 0) is 4.84 Å². The molecular formula is C23H36N8O3. The monoisotopic (exact) mass is 472 g/mol. The predicted octanol–water partition coefficient (Wildman–Crippen LogP) is 2.54. The van der Waals surface area contributed by atoms with Crippen molar-refractivity contribution in [3.63, 3.8) is 0 Å². The molecule has 1 fully saturated rings. The van der Waals surface area contributed by atoms with Gasteiger partial charge in [0.2, 0.25) is 0 Å². The average molecular weight is 473 g/mol. The summed E-state index contributed by atoms with van der Waals surface area (Å²) in [5, 5.41) is 6.81. The van der Waals surface area contributed by atoms with E-state index in [1.54, 1.807) is 4.90 Å². The van der Waals surface area contributed by atoms with Crippen LogP contribution in [0.4, 0.5) is 22.1 Å². The molecule has 3 rings (SSSR count). The van der Waals surface area contributed by atoms with Crippen molar-refractivity contribution in [2.24, 2.45) is 10.9 Å². The molecule has 186 valence electrons. The summed E-state index contributed by atoms with van der Waals surface area (Å²) in [6.07, 6.45) is 3.00. The number of nitrogen functional groups attached to an aromatic ring is 1. The van der Waals surface area contributed by atoms with Crippen molar-refractivity contribution in [2.75, 3.05) is 55.3 Å². The van der Waals surface area contributed by atoms with Crippen LogP contribution in [-0.4, -0.2) is 72.5 Å². The summed E-state index contributed by atoms with van der Waals surface area (Å²) >= 11 is 0. The van der Waals surface area contributed by atoms with Crippen molar-refractivity contribution < 1.29 is 14.4 Å². The van der Waals surface area contributed by atoms with Crippen LogP contribution in [0.2, 0.25) is 0 Å². The molecule has 0 atom stereocenters. The van der Waals surface area contributed by atoms with E-state index in [1.807, 2.05) is 56.9 Å². The molecule has 1 aromatic heterocycles. The second-order valence-corrected chi connectivity index (χ2v) is 7.45. The highest BCUT2D eigenvalue weighted by atomic mass is 16.6. The van der Waals surface area contributed by atoms with Gasteiger partial charge in [-0.2, -0.15) is 0 Å². The second kappa shape index (κ2) is 13.8. The van der Waals surface area contributed by atoms with E-state index in [-0.39, 0.29) is 12.1 Å². The number of benzene rings is 1. The Morgan fingerprint density at radius 2 is 1.85 bits per heavy atom. The number of nitrogens with one attached hydrogen (secondary N) is 1. The zero-order valence-corrected chi connectivity index (χ0v) is 20.4. The minimum Gasteiger partial charge on any atom is -0.491 e. The molecule has 0 saturated carbocycles. The highest BCUT2D eigenvalue weighted by Gasteiger charge is 2.24. The van der Waals surface area contributed by atoms with E-state index in [0.29, 0.717) is 62.2 Å². The zero-order chi connectivity index (χ0) is 24.9. The second-order valence-electron chi connectivity index (χ2n) is 7.45. The molecule has 2 aromatic rings. The minimum atomic E-state index is -0.152. The van der Waals surface area contributed by atoms with Crippen molar-refractivity contribution in [2.45, 2.75) is 33.8 Å². The van der Waals surface area contributed by atoms with E-state index in [4.69, 9.17) is 21.0 Å². The van der Waals surface area contributed by atoms with Crippen LogP contribution in [0, 0.1) is 0 Å². The van der Waals surface area contributed by atoms with E-state index in [1.165, 1.54) is 12.5 Å². The Kier molecular flexibility index (Phi) is 10.8. The SMILES string of the molecule is CC.CC(C)Oc1ccc(NC(=O)N2CCN(c3ncnc(N)c3/C=N/OCCN)CC2)cc1. The van der Waals surface area contributed by atoms with Gasteiger partial charge in [0.05, 0.1) is 17.9 Å². The number of nitrogens with two attached hydrogens (primary N) is 2. The molecule has 0 bridgehead atoms. The highest BCUT2D eigenvalue weighted by Crippen LogP contribution is 2.22. The number of ether oxygens (including phenoxy) is 1. The first-order chi connectivity index (χ1) is 16.5. The van der Waals surface area contributed by atoms with Gasteiger partial charge in [-0.05, 0) is 38.1 Å². The molecule has 0 unspecified atom stereocenters. The van der Waals surface area contributed by atoms with Gasteiger partial charge in [0.15, 0.2) is 0 Å². The Morgan fingerprint density at radius 1 is 1.18 bits per heavy atom. The maximum atomic E-state index is 12.7. The molecule has 1 aliphatic rings. The molecule has 34 heavy (non-hydrogen) atoms. The smallest absolute Gasteiger partial charge is 0.321 e. The number of carbonyl (C=O) groups is 1. The molecule has 1 saturated heterocycles. The number of anilines is 3. The topological polar surface area (TPSA) is 144 Å². The number of nitrogens with zero attached hydrogens (tertiary/aromatic N) is 5. The standard InChI is InChI=1S/C21H30N8O3.C2H6/c1-15(2)32-17-5-3-16(4-6-17)27-21(30)29-10-8-28(9-11-29)20-18(13-26-31-12-7-22)19(23)24-14-25-20;1-2/h3-6,13-15H,7-12,22H2,1-2H3,(H,27,30)(H2,23,24,25);1-2H3/b26-13+;. The van der Waals surface area contributed by atoms with E-state index in [2.05, 4.69) is 20.4 Å². The lowest BCUT2D eigenvalue weighted by atomic mass is 10.2. The zero-order valence-electron chi connectivity index (χ0n) is 20.4. The van der Waals surface area contributed by atoms with E-state index in [0.717, 1.165) is 5.75 Å². The fourth-order valence-corrected chi connectivity index (χ4v) is 3.18. The van der Waals surface area contributed by atoms with Gasteiger partial charge in [-0.25, -0.2) is 14.8 Å². The lowest BCUT2D eigenvalue weighted by Gasteiger charge is -2.35. The van der Waals surface area contributed by atoms with Crippen molar-refractivity contribution in [1.29, 1.82) is 0 Å². The summed E-state index contributed by atoms with van der Waals surface area (Å²) in [6.45, 7) is 10.9. The molecule has 5 N–H and O–H groups in total. The number of piperazine rings is 1. The summed E-state index contributed by atoms with van der Waals surface area (Å²) in [5.41, 5.74) is 12.7. The maximum Gasteiger partial charge on any atom is 0.321 e. The van der Waals surface area contributed by atoms with Gasteiger partial charge in [-0.3, -0.25) is 0 Å². The third-order valence-corrected chi connectivity index (χ3v) is 4.70. The van der Waals surface area contributed by atoms with Crippen LogP contribution >= 0.6 is 0 Å². The van der Waals surface area contributed by atoms with Crippen LogP contribution in [0.3, 0.4) is 0 Å². The number of urea groups is 1. The molecule has 2 amide bonds. The molecular weight excluding hydrogens is 436 g/mol. The van der Waals surface area contributed by atoms with Gasteiger partial charge in [0.25, 0.3) is 0 Å². The number of rotatable bonds is 8. The number of hydrogen-bond donors (Lipinski definition) is 3. The number of hydrogen-bond acceptors (Lipinski definition) is 9. The van der Waals surface area contributed by atoms with Crippen LogP contribution < -0.4 is 26.4 Å². The van der Waals surface area contributed by atoms with E-state index in [9.17, 15) is 4.79 Å². The van der Waals surface area contributed by atoms with Crippen molar-refractivity contribution in [1.82, 2.24) is 14.9 Å². The van der Waals surface area contributed by atoms with Gasteiger partial charge >= 0.3 is 6.03 Å².